The Morgan fingerprint density at radius 1 is 1.23 bits per heavy atom. The van der Waals surface area contributed by atoms with Crippen LogP contribution in [0.1, 0.15) is 28.8 Å². The summed E-state index contributed by atoms with van der Waals surface area (Å²) in [6.07, 6.45) is 2.15. The molecule has 0 aliphatic carbocycles. The molecule has 30 heavy (non-hydrogen) atoms. The summed E-state index contributed by atoms with van der Waals surface area (Å²) >= 11 is 5.96. The van der Waals surface area contributed by atoms with Crippen molar-refractivity contribution in [2.24, 2.45) is 0 Å². The summed E-state index contributed by atoms with van der Waals surface area (Å²) in [6, 6.07) is 13.3. The van der Waals surface area contributed by atoms with E-state index in [2.05, 4.69) is 17.3 Å². The molecule has 0 spiro atoms. The number of carbonyl (C=O) groups excluding carboxylic acids is 1. The van der Waals surface area contributed by atoms with Gasteiger partial charge in [-0.1, -0.05) is 23.7 Å². The number of hydrogen-bond acceptors (Lipinski definition) is 5. The largest absolute Gasteiger partial charge is 0.496 e. The second-order valence-electron chi connectivity index (χ2n) is 7.35. The average molecular weight is 433 g/mol. The maximum Gasteiger partial charge on any atom is 0.255 e. The maximum absolute atomic E-state index is 12.5. The number of amides is 1. The van der Waals surface area contributed by atoms with Crippen molar-refractivity contribution in [3.05, 3.63) is 58.6 Å². The highest BCUT2D eigenvalue weighted by atomic mass is 35.5. The number of rotatable bonds is 9. The summed E-state index contributed by atoms with van der Waals surface area (Å²) in [4.78, 5) is 14.9. The normalized spacial score (nSPS) is 14.5. The summed E-state index contributed by atoms with van der Waals surface area (Å²) in [5.74, 6) is 1.03. The molecular formula is C23H29ClN2O4. The molecule has 3 rings (SSSR count). The van der Waals surface area contributed by atoms with E-state index < -0.39 is 0 Å². The zero-order valence-electron chi connectivity index (χ0n) is 17.5. The number of nitrogens with zero attached hydrogens (tertiary/aromatic N) is 1. The predicted octanol–water partition coefficient (Wildman–Crippen LogP) is 3.77. The van der Waals surface area contributed by atoms with E-state index in [1.807, 2.05) is 24.3 Å². The molecule has 162 valence electrons. The average Bonchev–Trinajstić information content (AvgIpc) is 2.78. The fraction of sp³-hybridized carbons (Fsp3) is 0.435. The Morgan fingerprint density at radius 2 is 2.03 bits per heavy atom. The third kappa shape index (κ3) is 6.36. The van der Waals surface area contributed by atoms with Gasteiger partial charge in [-0.2, -0.15) is 0 Å². The van der Waals surface area contributed by atoms with E-state index in [0.29, 0.717) is 35.5 Å². The summed E-state index contributed by atoms with van der Waals surface area (Å²) in [6.45, 7) is 3.55. The van der Waals surface area contributed by atoms with Gasteiger partial charge in [-0.15, -0.1) is 0 Å². The van der Waals surface area contributed by atoms with Gasteiger partial charge in [0.25, 0.3) is 5.91 Å². The number of nitrogens with one attached hydrogen (secondary N) is 1. The molecule has 2 aromatic rings. The van der Waals surface area contributed by atoms with Gasteiger partial charge >= 0.3 is 0 Å². The van der Waals surface area contributed by atoms with Crippen LogP contribution in [0.2, 0.25) is 5.02 Å². The van der Waals surface area contributed by atoms with Crippen molar-refractivity contribution >= 4 is 17.5 Å². The predicted molar refractivity (Wildman–Crippen MR) is 118 cm³/mol. The molecule has 0 unspecified atom stereocenters. The minimum absolute atomic E-state index is 0.215. The third-order valence-electron chi connectivity index (χ3n) is 5.29. The zero-order chi connectivity index (χ0) is 21.3. The summed E-state index contributed by atoms with van der Waals surface area (Å²) in [5, 5.41) is 3.44. The molecule has 0 radical (unpaired) electrons. The first-order valence-electron chi connectivity index (χ1n) is 10.2. The summed E-state index contributed by atoms with van der Waals surface area (Å²) in [7, 11) is 3.65. The van der Waals surface area contributed by atoms with Gasteiger partial charge in [0.1, 0.15) is 18.1 Å². The molecule has 0 aromatic heterocycles. The highest BCUT2D eigenvalue weighted by Crippen LogP contribution is 2.23. The van der Waals surface area contributed by atoms with Crippen molar-refractivity contribution in [3.63, 3.8) is 0 Å². The van der Waals surface area contributed by atoms with Gasteiger partial charge in [0.2, 0.25) is 0 Å². The van der Waals surface area contributed by atoms with Crippen molar-refractivity contribution < 1.29 is 19.0 Å². The molecule has 1 heterocycles. The number of halogens is 1. The third-order valence-corrected chi connectivity index (χ3v) is 5.52. The fourth-order valence-electron chi connectivity index (χ4n) is 3.49. The lowest BCUT2D eigenvalue weighted by atomic mass is 10.1. The highest BCUT2D eigenvalue weighted by Gasteiger charge is 2.18. The maximum atomic E-state index is 12.5. The van der Waals surface area contributed by atoms with E-state index in [-0.39, 0.29) is 5.91 Å². The molecule has 1 saturated heterocycles. The van der Waals surface area contributed by atoms with Crippen molar-refractivity contribution in [3.8, 4) is 11.5 Å². The summed E-state index contributed by atoms with van der Waals surface area (Å²) in [5.41, 5.74) is 1.41. The molecular weight excluding hydrogens is 404 g/mol. The molecule has 2 aromatic carbocycles. The number of carbonyl (C=O) groups is 1. The zero-order valence-corrected chi connectivity index (χ0v) is 18.3. The van der Waals surface area contributed by atoms with E-state index in [4.69, 9.17) is 25.8 Å². The van der Waals surface area contributed by atoms with Crippen molar-refractivity contribution in [1.29, 1.82) is 0 Å². The Hall–Kier alpha value is -2.28. The lowest BCUT2D eigenvalue weighted by molar-refractivity contribution is 0.0392. The van der Waals surface area contributed by atoms with Crippen molar-refractivity contribution in [2.75, 3.05) is 40.5 Å². The number of benzene rings is 2. The van der Waals surface area contributed by atoms with Gasteiger partial charge in [-0.25, -0.2) is 0 Å². The standard InChI is InChI=1S/C23H29ClN2O4/c1-26(19-8-11-29-12-9-19)10-13-30-20-5-3-4-17(14-20)16-25-23(27)21-7-6-18(24)15-22(21)28-2/h3-7,14-15,19H,8-13,16H2,1-2H3,(H,25,27). The van der Waals surface area contributed by atoms with E-state index in [0.717, 1.165) is 43.9 Å². The molecule has 1 amide bonds. The lowest BCUT2D eigenvalue weighted by Gasteiger charge is -2.31. The number of methoxy groups -OCH3 is 1. The van der Waals surface area contributed by atoms with Crippen LogP contribution >= 0.6 is 11.6 Å². The van der Waals surface area contributed by atoms with Crippen molar-refractivity contribution in [1.82, 2.24) is 10.2 Å². The number of likely N-dealkylation sites (N-methyl/N-ethyl adjacent to an activating group) is 1. The Morgan fingerprint density at radius 3 is 2.80 bits per heavy atom. The number of hydrogen-bond donors (Lipinski definition) is 1. The highest BCUT2D eigenvalue weighted by molar-refractivity contribution is 6.30. The summed E-state index contributed by atoms with van der Waals surface area (Å²) < 4.78 is 16.6. The lowest BCUT2D eigenvalue weighted by Crippen LogP contribution is -2.38. The minimum Gasteiger partial charge on any atom is -0.496 e. The molecule has 0 atom stereocenters. The van der Waals surface area contributed by atoms with Crippen LogP contribution in [-0.2, 0) is 11.3 Å². The van der Waals surface area contributed by atoms with E-state index in [9.17, 15) is 4.79 Å². The molecule has 1 aliphatic heterocycles. The van der Waals surface area contributed by atoms with Gasteiger partial charge in [-0.3, -0.25) is 9.69 Å². The van der Waals surface area contributed by atoms with Crippen LogP contribution in [-0.4, -0.2) is 57.4 Å². The fourth-order valence-corrected chi connectivity index (χ4v) is 3.65. The van der Waals surface area contributed by atoms with Crippen LogP contribution in [0.4, 0.5) is 0 Å². The van der Waals surface area contributed by atoms with Crippen LogP contribution in [0, 0.1) is 0 Å². The van der Waals surface area contributed by atoms with Crippen LogP contribution in [0.15, 0.2) is 42.5 Å². The second-order valence-corrected chi connectivity index (χ2v) is 7.78. The van der Waals surface area contributed by atoms with Gasteiger partial charge in [-0.05, 0) is 55.8 Å². The Balaban J connectivity index is 1.48. The van der Waals surface area contributed by atoms with Gasteiger partial charge in [0, 0.05) is 37.4 Å². The second kappa shape index (κ2) is 11.2. The minimum atomic E-state index is -0.215. The molecule has 1 N–H and O–H groups in total. The first-order valence-corrected chi connectivity index (χ1v) is 10.6. The molecule has 1 fully saturated rings. The monoisotopic (exact) mass is 432 g/mol. The van der Waals surface area contributed by atoms with Crippen LogP contribution in [0.3, 0.4) is 0 Å². The van der Waals surface area contributed by atoms with E-state index in [1.54, 1.807) is 18.2 Å². The topological polar surface area (TPSA) is 60.0 Å². The quantitative estimate of drug-likeness (QED) is 0.653. The smallest absolute Gasteiger partial charge is 0.255 e. The molecule has 0 saturated carbocycles. The van der Waals surface area contributed by atoms with E-state index >= 15 is 0 Å². The van der Waals surface area contributed by atoms with Crippen LogP contribution in [0.25, 0.3) is 0 Å². The van der Waals surface area contributed by atoms with Crippen LogP contribution in [0.5, 0.6) is 11.5 Å². The van der Waals surface area contributed by atoms with Gasteiger partial charge in [0.05, 0.1) is 12.7 Å². The molecule has 1 aliphatic rings. The molecule has 6 nitrogen and oxygen atoms in total. The van der Waals surface area contributed by atoms with Crippen LogP contribution < -0.4 is 14.8 Å². The SMILES string of the molecule is COc1cc(Cl)ccc1C(=O)NCc1cccc(OCCN(C)C2CCOCC2)c1. The Kier molecular flexibility index (Phi) is 8.37. The van der Waals surface area contributed by atoms with E-state index in [1.165, 1.54) is 7.11 Å². The van der Waals surface area contributed by atoms with Gasteiger partial charge in [0.15, 0.2) is 0 Å². The van der Waals surface area contributed by atoms with Gasteiger partial charge < -0.3 is 19.5 Å². The Labute approximate surface area is 183 Å². The molecule has 0 bridgehead atoms. The Bertz CT molecular complexity index is 840. The molecule has 7 heteroatoms. The first-order chi connectivity index (χ1) is 14.6. The number of ether oxygens (including phenoxy) is 3. The van der Waals surface area contributed by atoms with Crippen molar-refractivity contribution in [2.45, 2.75) is 25.4 Å². The first kappa shape index (κ1) is 22.4.